The van der Waals surface area contributed by atoms with E-state index in [-0.39, 0.29) is 0 Å². The Labute approximate surface area is 109 Å². The molecule has 0 bridgehead atoms. The summed E-state index contributed by atoms with van der Waals surface area (Å²) in [5, 5.41) is 3.39. The van der Waals surface area contributed by atoms with Crippen molar-refractivity contribution in [3.8, 4) is 0 Å². The van der Waals surface area contributed by atoms with Crippen molar-refractivity contribution >= 4 is 33.4 Å². The Kier molecular flexibility index (Phi) is 4.55. The van der Waals surface area contributed by atoms with Gasteiger partial charge in [-0.15, -0.1) is 11.8 Å². The average Bonchev–Trinajstić information content (AvgIpc) is 2.32. The molecule has 0 saturated carbocycles. The first-order chi connectivity index (χ1) is 7.75. The number of benzene rings is 1. The maximum absolute atomic E-state index is 5.95. The first-order valence-electron chi connectivity index (χ1n) is 5.64. The first-order valence-corrected chi connectivity index (χ1v) is 7.42. The van der Waals surface area contributed by atoms with Gasteiger partial charge < -0.3 is 11.1 Å². The minimum absolute atomic E-state index is 0.838. The molecule has 1 aliphatic heterocycles. The molecule has 0 unspecified atom stereocenters. The topological polar surface area (TPSA) is 38.0 Å². The molecule has 1 aromatic carbocycles. The zero-order valence-electron chi connectivity index (χ0n) is 9.21. The van der Waals surface area contributed by atoms with Gasteiger partial charge in [0.05, 0.1) is 0 Å². The Balaban J connectivity index is 1.90. The molecular weight excluding hydrogens is 284 g/mol. The number of thioether (sulfide) groups is 1. The lowest BCUT2D eigenvalue weighted by Crippen LogP contribution is -2.28. The molecule has 1 fully saturated rings. The number of anilines is 1. The van der Waals surface area contributed by atoms with Gasteiger partial charge >= 0.3 is 0 Å². The van der Waals surface area contributed by atoms with Crippen LogP contribution in [0.15, 0.2) is 27.6 Å². The van der Waals surface area contributed by atoms with E-state index in [2.05, 4.69) is 27.3 Å². The van der Waals surface area contributed by atoms with Crippen molar-refractivity contribution in [2.24, 2.45) is 5.92 Å². The lowest BCUT2D eigenvalue weighted by molar-refractivity contribution is 0.408. The van der Waals surface area contributed by atoms with Gasteiger partial charge in [0.15, 0.2) is 0 Å². The number of nitrogens with two attached hydrogens (primary N) is 1. The summed E-state index contributed by atoms with van der Waals surface area (Å²) >= 11 is 5.37. The number of hydrogen-bond donors (Lipinski definition) is 2. The molecule has 2 rings (SSSR count). The van der Waals surface area contributed by atoms with Crippen molar-refractivity contribution in [2.75, 3.05) is 24.6 Å². The minimum Gasteiger partial charge on any atom is -0.398 e. The number of halogens is 1. The normalized spacial score (nSPS) is 17.6. The molecule has 0 atom stereocenters. The molecule has 1 saturated heterocycles. The highest BCUT2D eigenvalue weighted by Crippen LogP contribution is 2.31. The van der Waals surface area contributed by atoms with E-state index in [0.29, 0.717) is 0 Å². The number of nitrogens with one attached hydrogen (secondary N) is 1. The zero-order valence-corrected chi connectivity index (χ0v) is 11.6. The molecule has 0 aliphatic carbocycles. The van der Waals surface area contributed by atoms with Crippen LogP contribution in [0.5, 0.6) is 0 Å². The van der Waals surface area contributed by atoms with Gasteiger partial charge in [0.2, 0.25) is 0 Å². The van der Waals surface area contributed by atoms with Gasteiger partial charge in [-0.25, -0.2) is 0 Å². The standard InChI is InChI=1S/C12H17BrN2S/c13-10-1-2-11(14)12(7-10)16-8-9-3-5-15-6-4-9/h1-2,7,9,15H,3-6,8,14H2. The van der Waals surface area contributed by atoms with Gasteiger partial charge in [-0.1, -0.05) is 15.9 Å². The molecule has 88 valence electrons. The molecule has 0 aromatic heterocycles. The van der Waals surface area contributed by atoms with E-state index in [1.54, 1.807) is 0 Å². The monoisotopic (exact) mass is 300 g/mol. The maximum atomic E-state index is 5.95. The summed E-state index contributed by atoms with van der Waals surface area (Å²) in [5.41, 5.74) is 6.84. The molecule has 3 N–H and O–H groups in total. The smallest absolute Gasteiger partial charge is 0.0453 e. The van der Waals surface area contributed by atoms with Crippen molar-refractivity contribution in [3.63, 3.8) is 0 Å². The zero-order chi connectivity index (χ0) is 11.4. The van der Waals surface area contributed by atoms with Crippen LogP contribution in [0.3, 0.4) is 0 Å². The third-order valence-electron chi connectivity index (χ3n) is 2.91. The fourth-order valence-electron chi connectivity index (χ4n) is 1.89. The van der Waals surface area contributed by atoms with Crippen molar-refractivity contribution in [1.82, 2.24) is 5.32 Å². The lowest BCUT2D eigenvalue weighted by atomic mass is 10.0. The lowest BCUT2D eigenvalue weighted by Gasteiger charge is -2.22. The SMILES string of the molecule is Nc1ccc(Br)cc1SCC1CCNCC1. The molecular formula is C12H17BrN2S. The molecule has 4 heteroatoms. The molecule has 0 radical (unpaired) electrons. The molecule has 1 heterocycles. The average molecular weight is 301 g/mol. The van der Waals surface area contributed by atoms with Crippen LogP contribution in [0.4, 0.5) is 5.69 Å². The Morgan fingerprint density at radius 1 is 1.38 bits per heavy atom. The van der Waals surface area contributed by atoms with Crippen LogP contribution in [-0.2, 0) is 0 Å². The highest BCUT2D eigenvalue weighted by Gasteiger charge is 2.13. The van der Waals surface area contributed by atoms with E-state index in [1.807, 2.05) is 23.9 Å². The van der Waals surface area contributed by atoms with Crippen LogP contribution >= 0.6 is 27.7 Å². The highest BCUT2D eigenvalue weighted by molar-refractivity contribution is 9.10. The highest BCUT2D eigenvalue weighted by atomic mass is 79.9. The summed E-state index contributed by atoms with van der Waals surface area (Å²) in [6, 6.07) is 6.07. The molecule has 16 heavy (non-hydrogen) atoms. The Hall–Kier alpha value is -0.190. The van der Waals surface area contributed by atoms with E-state index in [9.17, 15) is 0 Å². The summed E-state index contributed by atoms with van der Waals surface area (Å²) < 4.78 is 1.11. The van der Waals surface area contributed by atoms with Crippen LogP contribution in [0.1, 0.15) is 12.8 Å². The fraction of sp³-hybridized carbons (Fsp3) is 0.500. The molecule has 0 amide bonds. The summed E-state index contributed by atoms with van der Waals surface area (Å²) in [5.74, 6) is 2.02. The van der Waals surface area contributed by atoms with Crippen molar-refractivity contribution in [2.45, 2.75) is 17.7 Å². The van der Waals surface area contributed by atoms with Gasteiger partial charge in [0.1, 0.15) is 0 Å². The third-order valence-corrected chi connectivity index (χ3v) is 4.70. The second-order valence-electron chi connectivity index (χ2n) is 4.19. The predicted octanol–water partition coefficient (Wildman–Crippen LogP) is 3.12. The maximum Gasteiger partial charge on any atom is 0.0453 e. The van der Waals surface area contributed by atoms with Crippen LogP contribution < -0.4 is 11.1 Å². The van der Waals surface area contributed by atoms with Crippen molar-refractivity contribution < 1.29 is 0 Å². The number of nitrogen functional groups attached to an aromatic ring is 1. The third kappa shape index (κ3) is 3.40. The van der Waals surface area contributed by atoms with E-state index in [4.69, 9.17) is 5.73 Å². The van der Waals surface area contributed by atoms with Crippen LogP contribution in [-0.4, -0.2) is 18.8 Å². The number of hydrogen-bond acceptors (Lipinski definition) is 3. The van der Waals surface area contributed by atoms with Crippen molar-refractivity contribution in [1.29, 1.82) is 0 Å². The molecule has 2 nitrogen and oxygen atoms in total. The predicted molar refractivity (Wildman–Crippen MR) is 74.9 cm³/mol. The fourth-order valence-corrected chi connectivity index (χ4v) is 3.60. The van der Waals surface area contributed by atoms with E-state index in [0.717, 1.165) is 16.1 Å². The van der Waals surface area contributed by atoms with Gasteiger partial charge in [-0.05, 0) is 50.0 Å². The molecule has 0 spiro atoms. The second-order valence-corrected chi connectivity index (χ2v) is 6.16. The van der Waals surface area contributed by atoms with Gasteiger partial charge in [0.25, 0.3) is 0 Å². The summed E-state index contributed by atoms with van der Waals surface area (Å²) in [7, 11) is 0. The van der Waals surface area contributed by atoms with Gasteiger partial charge in [0, 0.05) is 20.8 Å². The van der Waals surface area contributed by atoms with E-state index < -0.39 is 0 Å². The molecule has 1 aromatic rings. The van der Waals surface area contributed by atoms with Crippen LogP contribution in [0.25, 0.3) is 0 Å². The molecule has 1 aliphatic rings. The Bertz CT molecular complexity index is 351. The van der Waals surface area contributed by atoms with Gasteiger partial charge in [-0.2, -0.15) is 0 Å². The van der Waals surface area contributed by atoms with Crippen LogP contribution in [0.2, 0.25) is 0 Å². The Morgan fingerprint density at radius 2 is 2.12 bits per heavy atom. The van der Waals surface area contributed by atoms with Crippen LogP contribution in [0, 0.1) is 5.92 Å². The number of rotatable bonds is 3. The summed E-state index contributed by atoms with van der Waals surface area (Å²) in [6.45, 7) is 2.33. The second kappa shape index (κ2) is 5.94. The summed E-state index contributed by atoms with van der Waals surface area (Å²) in [4.78, 5) is 1.20. The van der Waals surface area contributed by atoms with Crippen molar-refractivity contribution in [3.05, 3.63) is 22.7 Å². The Morgan fingerprint density at radius 3 is 2.88 bits per heavy atom. The quantitative estimate of drug-likeness (QED) is 0.665. The van der Waals surface area contributed by atoms with E-state index >= 15 is 0 Å². The summed E-state index contributed by atoms with van der Waals surface area (Å²) in [6.07, 6.45) is 2.59. The minimum atomic E-state index is 0.838. The first kappa shape index (κ1) is 12.3. The van der Waals surface area contributed by atoms with Gasteiger partial charge in [-0.3, -0.25) is 0 Å². The largest absolute Gasteiger partial charge is 0.398 e. The van der Waals surface area contributed by atoms with E-state index in [1.165, 1.54) is 36.6 Å². The number of piperidine rings is 1.